The van der Waals surface area contributed by atoms with Crippen LogP contribution in [-0.4, -0.2) is 16.5 Å². The van der Waals surface area contributed by atoms with Crippen LogP contribution in [0.4, 0.5) is 5.95 Å². The van der Waals surface area contributed by atoms with E-state index < -0.39 is 0 Å². The maximum Gasteiger partial charge on any atom is 0.225 e. The van der Waals surface area contributed by atoms with Gasteiger partial charge in [0, 0.05) is 23.8 Å². The van der Waals surface area contributed by atoms with Crippen LogP contribution < -0.4 is 10.1 Å². The molecule has 0 fully saturated rings. The molecule has 20 heavy (non-hydrogen) atoms. The number of hydrogen-bond donors (Lipinski definition) is 1. The Labute approximate surface area is 124 Å². The Morgan fingerprint density at radius 3 is 2.60 bits per heavy atom. The molecule has 0 bridgehead atoms. The highest BCUT2D eigenvalue weighted by atomic mass is 35.5. The number of aryl methyl sites for hydroxylation is 2. The highest BCUT2D eigenvalue weighted by molar-refractivity contribution is 6.30. The van der Waals surface area contributed by atoms with Crippen molar-refractivity contribution >= 4 is 17.5 Å². The van der Waals surface area contributed by atoms with Gasteiger partial charge in [0.2, 0.25) is 11.8 Å². The van der Waals surface area contributed by atoms with E-state index in [1.165, 1.54) is 0 Å². The molecule has 1 N–H and O–H groups in total. The molecule has 0 saturated carbocycles. The summed E-state index contributed by atoms with van der Waals surface area (Å²) in [6, 6.07) is 5.49. The van der Waals surface area contributed by atoms with Crippen LogP contribution in [0.5, 0.6) is 11.6 Å². The van der Waals surface area contributed by atoms with Gasteiger partial charge in [-0.15, -0.1) is 0 Å². The van der Waals surface area contributed by atoms with Crippen molar-refractivity contribution in [1.29, 1.82) is 0 Å². The molecule has 2 aromatic rings. The number of halogens is 1. The minimum atomic E-state index is 0.520. The second kappa shape index (κ2) is 6.57. The standard InChI is InChI=1S/C15H18ClN3O/c1-4-6-17-15-18-7-5-13(19-15)20-14-10(2)8-12(16)9-11(14)3/h5,7-9H,4,6H2,1-3H3,(H,17,18,19). The number of rotatable bonds is 5. The van der Waals surface area contributed by atoms with Gasteiger partial charge in [-0.1, -0.05) is 18.5 Å². The molecule has 1 aromatic heterocycles. The van der Waals surface area contributed by atoms with Gasteiger partial charge in [0.05, 0.1) is 0 Å². The summed E-state index contributed by atoms with van der Waals surface area (Å²) in [5.74, 6) is 1.88. The molecule has 1 aromatic carbocycles. The van der Waals surface area contributed by atoms with E-state index in [2.05, 4.69) is 22.2 Å². The van der Waals surface area contributed by atoms with Crippen molar-refractivity contribution in [3.05, 3.63) is 40.5 Å². The normalized spacial score (nSPS) is 10.4. The first-order valence-corrected chi connectivity index (χ1v) is 6.99. The molecule has 0 spiro atoms. The zero-order chi connectivity index (χ0) is 14.5. The fourth-order valence-corrected chi connectivity index (χ4v) is 2.21. The van der Waals surface area contributed by atoms with E-state index in [0.717, 1.165) is 29.8 Å². The third-order valence-electron chi connectivity index (χ3n) is 2.79. The maximum atomic E-state index is 6.02. The maximum absolute atomic E-state index is 6.02. The van der Waals surface area contributed by atoms with Crippen LogP contribution in [0.15, 0.2) is 24.4 Å². The van der Waals surface area contributed by atoms with Crippen LogP contribution in [0.25, 0.3) is 0 Å². The van der Waals surface area contributed by atoms with Crippen molar-refractivity contribution in [2.24, 2.45) is 0 Å². The number of hydrogen-bond acceptors (Lipinski definition) is 4. The molecule has 0 aliphatic rings. The summed E-state index contributed by atoms with van der Waals surface area (Å²) in [7, 11) is 0. The zero-order valence-corrected chi connectivity index (χ0v) is 12.7. The monoisotopic (exact) mass is 291 g/mol. The Hall–Kier alpha value is -1.81. The average Bonchev–Trinajstić information content (AvgIpc) is 2.41. The largest absolute Gasteiger partial charge is 0.438 e. The fraction of sp³-hybridized carbons (Fsp3) is 0.333. The molecular weight excluding hydrogens is 274 g/mol. The fourth-order valence-electron chi connectivity index (χ4n) is 1.88. The lowest BCUT2D eigenvalue weighted by Crippen LogP contribution is -2.04. The molecule has 106 valence electrons. The van der Waals surface area contributed by atoms with Crippen LogP contribution >= 0.6 is 11.6 Å². The van der Waals surface area contributed by atoms with Gasteiger partial charge in [-0.25, -0.2) is 4.98 Å². The summed E-state index contributed by atoms with van der Waals surface area (Å²) in [6.07, 6.45) is 2.70. The molecule has 0 aliphatic carbocycles. The number of aromatic nitrogens is 2. The van der Waals surface area contributed by atoms with Crippen molar-refractivity contribution in [2.45, 2.75) is 27.2 Å². The second-order valence-electron chi connectivity index (χ2n) is 4.62. The Kier molecular flexibility index (Phi) is 4.79. The van der Waals surface area contributed by atoms with E-state index >= 15 is 0 Å². The third-order valence-corrected chi connectivity index (χ3v) is 3.01. The number of nitrogens with one attached hydrogen (secondary N) is 1. The van der Waals surface area contributed by atoms with Crippen LogP contribution in [0.2, 0.25) is 5.02 Å². The van der Waals surface area contributed by atoms with E-state index in [4.69, 9.17) is 16.3 Å². The molecule has 4 nitrogen and oxygen atoms in total. The van der Waals surface area contributed by atoms with Gasteiger partial charge in [0.15, 0.2) is 0 Å². The van der Waals surface area contributed by atoms with Crippen molar-refractivity contribution < 1.29 is 4.74 Å². The van der Waals surface area contributed by atoms with E-state index in [1.807, 2.05) is 26.0 Å². The molecule has 0 unspecified atom stereocenters. The van der Waals surface area contributed by atoms with E-state index in [-0.39, 0.29) is 0 Å². The van der Waals surface area contributed by atoms with Crippen LogP contribution in [0, 0.1) is 13.8 Å². The van der Waals surface area contributed by atoms with Gasteiger partial charge in [-0.3, -0.25) is 0 Å². The van der Waals surface area contributed by atoms with Crippen LogP contribution in [0.3, 0.4) is 0 Å². The molecular formula is C15H18ClN3O. The summed E-state index contributed by atoms with van der Waals surface area (Å²) >= 11 is 6.02. The highest BCUT2D eigenvalue weighted by Gasteiger charge is 2.08. The van der Waals surface area contributed by atoms with Gasteiger partial charge < -0.3 is 10.1 Å². The number of benzene rings is 1. The number of nitrogens with zero attached hydrogens (tertiary/aromatic N) is 2. The molecule has 0 radical (unpaired) electrons. The molecule has 5 heteroatoms. The Balaban J connectivity index is 2.22. The summed E-state index contributed by atoms with van der Waals surface area (Å²) in [5.41, 5.74) is 1.97. The van der Waals surface area contributed by atoms with Crippen molar-refractivity contribution in [2.75, 3.05) is 11.9 Å². The Morgan fingerprint density at radius 2 is 1.95 bits per heavy atom. The van der Waals surface area contributed by atoms with Gasteiger partial charge in [0.25, 0.3) is 0 Å². The predicted octanol–water partition coefficient (Wildman–Crippen LogP) is 4.36. The molecule has 0 amide bonds. The first-order valence-electron chi connectivity index (χ1n) is 6.61. The Bertz CT molecular complexity index is 578. The minimum Gasteiger partial charge on any atom is -0.438 e. The van der Waals surface area contributed by atoms with Crippen LogP contribution in [-0.2, 0) is 0 Å². The summed E-state index contributed by atoms with van der Waals surface area (Å²) < 4.78 is 5.87. The van der Waals surface area contributed by atoms with Crippen molar-refractivity contribution in [3.63, 3.8) is 0 Å². The highest BCUT2D eigenvalue weighted by Crippen LogP contribution is 2.30. The predicted molar refractivity (Wildman–Crippen MR) is 81.8 cm³/mol. The lowest BCUT2D eigenvalue weighted by Gasteiger charge is -2.12. The quantitative estimate of drug-likeness (QED) is 0.889. The summed E-state index contributed by atoms with van der Waals surface area (Å²) in [6.45, 7) is 6.85. The van der Waals surface area contributed by atoms with E-state index in [1.54, 1.807) is 12.3 Å². The molecule has 0 aliphatic heterocycles. The number of anilines is 1. The smallest absolute Gasteiger partial charge is 0.225 e. The summed E-state index contributed by atoms with van der Waals surface area (Å²) in [5, 5.41) is 3.84. The van der Waals surface area contributed by atoms with E-state index in [0.29, 0.717) is 16.9 Å². The topological polar surface area (TPSA) is 47.0 Å². The SMILES string of the molecule is CCCNc1nccc(Oc2c(C)cc(Cl)cc2C)n1. The van der Waals surface area contributed by atoms with Gasteiger partial charge in [-0.2, -0.15) is 4.98 Å². The first kappa shape index (κ1) is 14.6. The average molecular weight is 292 g/mol. The lowest BCUT2D eigenvalue weighted by molar-refractivity contribution is 0.455. The second-order valence-corrected chi connectivity index (χ2v) is 5.05. The molecule has 1 heterocycles. The van der Waals surface area contributed by atoms with Crippen molar-refractivity contribution in [1.82, 2.24) is 9.97 Å². The zero-order valence-electron chi connectivity index (χ0n) is 11.9. The minimum absolute atomic E-state index is 0.520. The first-order chi connectivity index (χ1) is 9.60. The van der Waals surface area contributed by atoms with Gasteiger partial charge >= 0.3 is 0 Å². The third kappa shape index (κ3) is 3.61. The van der Waals surface area contributed by atoms with E-state index in [9.17, 15) is 0 Å². The molecule has 0 saturated heterocycles. The van der Waals surface area contributed by atoms with Gasteiger partial charge in [0.1, 0.15) is 5.75 Å². The Morgan fingerprint density at radius 1 is 1.25 bits per heavy atom. The van der Waals surface area contributed by atoms with Crippen LogP contribution in [0.1, 0.15) is 24.5 Å². The number of ether oxygens (including phenoxy) is 1. The summed E-state index contributed by atoms with van der Waals surface area (Å²) in [4.78, 5) is 8.49. The lowest BCUT2D eigenvalue weighted by atomic mass is 10.1. The van der Waals surface area contributed by atoms with Gasteiger partial charge in [-0.05, 0) is 43.5 Å². The molecule has 0 atom stereocenters. The van der Waals surface area contributed by atoms with Crippen molar-refractivity contribution in [3.8, 4) is 11.6 Å². The molecule has 2 rings (SSSR count).